The molecule has 1 fully saturated rings. The van der Waals surface area contributed by atoms with Crippen molar-refractivity contribution in [2.75, 3.05) is 32.1 Å². The molecule has 1 aliphatic rings. The SMILES string of the molecule is Cc1ncc(Cn2c(N(C)C3CCN(C)CC3)nc3ccccc32)o1. The Morgan fingerprint density at radius 2 is 2.00 bits per heavy atom. The largest absolute Gasteiger partial charge is 0.444 e. The summed E-state index contributed by atoms with van der Waals surface area (Å²) in [5.41, 5.74) is 2.15. The molecule has 0 saturated carbocycles. The van der Waals surface area contributed by atoms with E-state index in [1.54, 1.807) is 0 Å². The smallest absolute Gasteiger partial charge is 0.206 e. The van der Waals surface area contributed by atoms with Crippen molar-refractivity contribution < 1.29 is 4.42 Å². The Kier molecular flexibility index (Phi) is 4.21. The van der Waals surface area contributed by atoms with Gasteiger partial charge in [-0.25, -0.2) is 9.97 Å². The number of aryl methyl sites for hydroxylation is 1. The van der Waals surface area contributed by atoms with E-state index in [2.05, 4.69) is 51.6 Å². The summed E-state index contributed by atoms with van der Waals surface area (Å²) in [6.45, 7) is 4.79. The van der Waals surface area contributed by atoms with E-state index in [0.717, 1.165) is 48.7 Å². The molecular weight excluding hydrogens is 314 g/mol. The maximum Gasteiger partial charge on any atom is 0.206 e. The number of oxazole rings is 1. The molecule has 4 rings (SSSR count). The van der Waals surface area contributed by atoms with Crippen molar-refractivity contribution in [1.29, 1.82) is 0 Å². The van der Waals surface area contributed by atoms with Crippen molar-refractivity contribution in [3.63, 3.8) is 0 Å². The van der Waals surface area contributed by atoms with Crippen molar-refractivity contribution in [2.24, 2.45) is 0 Å². The summed E-state index contributed by atoms with van der Waals surface area (Å²) < 4.78 is 7.96. The van der Waals surface area contributed by atoms with Crippen LogP contribution in [0.1, 0.15) is 24.5 Å². The number of aromatic nitrogens is 3. The Morgan fingerprint density at radius 1 is 1.24 bits per heavy atom. The Hall–Kier alpha value is -2.34. The highest BCUT2D eigenvalue weighted by Gasteiger charge is 2.25. The predicted octanol–water partition coefficient (Wildman–Crippen LogP) is 2.91. The van der Waals surface area contributed by atoms with E-state index in [1.807, 2.05) is 19.2 Å². The van der Waals surface area contributed by atoms with Gasteiger partial charge in [0.25, 0.3) is 0 Å². The van der Waals surface area contributed by atoms with Gasteiger partial charge in [0.15, 0.2) is 5.89 Å². The summed E-state index contributed by atoms with van der Waals surface area (Å²) in [6.07, 6.45) is 4.14. The van der Waals surface area contributed by atoms with Crippen LogP contribution in [-0.4, -0.2) is 52.7 Å². The average molecular weight is 339 g/mol. The van der Waals surface area contributed by atoms with Crippen LogP contribution in [0.2, 0.25) is 0 Å². The lowest BCUT2D eigenvalue weighted by Gasteiger charge is -2.35. The van der Waals surface area contributed by atoms with Crippen molar-refractivity contribution in [3.05, 3.63) is 42.1 Å². The molecular formula is C19H25N5O. The number of likely N-dealkylation sites (tertiary alicyclic amines) is 1. The fraction of sp³-hybridized carbons (Fsp3) is 0.474. The fourth-order valence-corrected chi connectivity index (χ4v) is 3.67. The first-order chi connectivity index (χ1) is 12.1. The Morgan fingerprint density at radius 3 is 2.72 bits per heavy atom. The number of imidazole rings is 1. The maximum atomic E-state index is 5.72. The summed E-state index contributed by atoms with van der Waals surface area (Å²) in [7, 11) is 4.36. The summed E-state index contributed by atoms with van der Waals surface area (Å²) in [5, 5.41) is 0. The third kappa shape index (κ3) is 3.14. The number of para-hydroxylation sites is 2. The first-order valence-electron chi connectivity index (χ1n) is 8.90. The number of rotatable bonds is 4. The molecule has 3 heterocycles. The molecule has 0 radical (unpaired) electrons. The van der Waals surface area contributed by atoms with Gasteiger partial charge in [-0.3, -0.25) is 0 Å². The van der Waals surface area contributed by atoms with Gasteiger partial charge in [0.05, 0.1) is 23.8 Å². The van der Waals surface area contributed by atoms with Crippen LogP contribution >= 0.6 is 0 Å². The minimum Gasteiger partial charge on any atom is -0.444 e. The molecule has 6 nitrogen and oxygen atoms in total. The monoisotopic (exact) mass is 339 g/mol. The highest BCUT2D eigenvalue weighted by molar-refractivity contribution is 5.79. The van der Waals surface area contributed by atoms with E-state index in [-0.39, 0.29) is 0 Å². The molecule has 0 atom stereocenters. The van der Waals surface area contributed by atoms with Crippen molar-refractivity contribution >= 4 is 17.0 Å². The molecule has 0 unspecified atom stereocenters. The molecule has 1 aromatic carbocycles. The zero-order valence-electron chi connectivity index (χ0n) is 15.1. The van der Waals surface area contributed by atoms with Crippen LogP contribution in [0.15, 0.2) is 34.9 Å². The predicted molar refractivity (Wildman–Crippen MR) is 99.0 cm³/mol. The van der Waals surface area contributed by atoms with Gasteiger partial charge in [-0.2, -0.15) is 0 Å². The molecule has 3 aromatic rings. The van der Waals surface area contributed by atoms with Crippen LogP contribution in [0, 0.1) is 6.92 Å². The standard InChI is InChI=1S/C19H25N5O/c1-14-20-12-16(25-14)13-24-18-7-5-4-6-17(18)21-19(24)23(3)15-8-10-22(2)11-9-15/h4-7,12,15H,8-11,13H2,1-3H3. The zero-order valence-corrected chi connectivity index (χ0v) is 15.1. The van der Waals surface area contributed by atoms with E-state index in [1.165, 1.54) is 0 Å². The van der Waals surface area contributed by atoms with Gasteiger partial charge in [-0.05, 0) is 45.1 Å². The molecule has 0 amide bonds. The number of anilines is 1. The van der Waals surface area contributed by atoms with Crippen LogP contribution in [-0.2, 0) is 6.54 Å². The molecule has 1 aliphatic heterocycles. The number of hydrogen-bond acceptors (Lipinski definition) is 5. The third-order valence-electron chi connectivity index (χ3n) is 5.17. The molecule has 1 saturated heterocycles. The van der Waals surface area contributed by atoms with E-state index in [9.17, 15) is 0 Å². The van der Waals surface area contributed by atoms with Crippen molar-refractivity contribution in [1.82, 2.24) is 19.4 Å². The molecule has 25 heavy (non-hydrogen) atoms. The second kappa shape index (κ2) is 6.52. The summed E-state index contributed by atoms with van der Waals surface area (Å²) in [5.74, 6) is 2.56. The normalized spacial score (nSPS) is 16.6. The number of benzene rings is 1. The fourth-order valence-electron chi connectivity index (χ4n) is 3.67. The number of fused-ring (bicyclic) bond motifs is 1. The Bertz CT molecular complexity index is 860. The molecule has 132 valence electrons. The minimum absolute atomic E-state index is 0.517. The van der Waals surface area contributed by atoms with Crippen molar-refractivity contribution in [2.45, 2.75) is 32.4 Å². The highest BCUT2D eigenvalue weighted by Crippen LogP contribution is 2.27. The van der Waals surface area contributed by atoms with Crippen LogP contribution < -0.4 is 4.90 Å². The maximum absolute atomic E-state index is 5.72. The summed E-state index contributed by atoms with van der Waals surface area (Å²) in [4.78, 5) is 13.9. The van der Waals surface area contributed by atoms with Gasteiger partial charge in [0.1, 0.15) is 5.76 Å². The topological polar surface area (TPSA) is 50.3 Å². The first-order valence-corrected chi connectivity index (χ1v) is 8.90. The number of piperidine rings is 1. The molecule has 0 bridgehead atoms. The van der Waals surface area contributed by atoms with Gasteiger partial charge < -0.3 is 18.8 Å². The van der Waals surface area contributed by atoms with E-state index in [4.69, 9.17) is 9.40 Å². The molecule has 0 N–H and O–H groups in total. The van der Waals surface area contributed by atoms with Crippen LogP contribution in [0.25, 0.3) is 11.0 Å². The van der Waals surface area contributed by atoms with Gasteiger partial charge in [-0.15, -0.1) is 0 Å². The van der Waals surface area contributed by atoms with E-state index < -0.39 is 0 Å². The summed E-state index contributed by atoms with van der Waals surface area (Å²) in [6, 6.07) is 8.81. The lowest BCUT2D eigenvalue weighted by molar-refractivity contribution is 0.251. The van der Waals surface area contributed by atoms with E-state index >= 15 is 0 Å². The van der Waals surface area contributed by atoms with Crippen LogP contribution in [0.3, 0.4) is 0 Å². The average Bonchev–Trinajstić information content (AvgIpc) is 3.19. The number of nitrogens with zero attached hydrogens (tertiary/aromatic N) is 5. The molecule has 2 aromatic heterocycles. The minimum atomic E-state index is 0.517. The van der Waals surface area contributed by atoms with Gasteiger partial charge in [0, 0.05) is 20.0 Å². The van der Waals surface area contributed by atoms with Gasteiger partial charge in [-0.1, -0.05) is 12.1 Å². The van der Waals surface area contributed by atoms with Crippen molar-refractivity contribution in [3.8, 4) is 0 Å². The molecule has 6 heteroatoms. The molecule has 0 spiro atoms. The van der Waals surface area contributed by atoms with Crippen LogP contribution in [0.5, 0.6) is 0 Å². The third-order valence-corrected chi connectivity index (χ3v) is 5.17. The highest BCUT2D eigenvalue weighted by atomic mass is 16.4. The number of hydrogen-bond donors (Lipinski definition) is 0. The summed E-state index contributed by atoms with van der Waals surface area (Å²) >= 11 is 0. The Labute approximate surface area is 148 Å². The first kappa shape index (κ1) is 16.1. The second-order valence-electron chi connectivity index (χ2n) is 6.98. The second-order valence-corrected chi connectivity index (χ2v) is 6.98. The molecule has 0 aliphatic carbocycles. The zero-order chi connectivity index (χ0) is 17.4. The van der Waals surface area contributed by atoms with Crippen LogP contribution in [0.4, 0.5) is 5.95 Å². The quantitative estimate of drug-likeness (QED) is 0.731. The lowest BCUT2D eigenvalue weighted by atomic mass is 10.0. The lowest BCUT2D eigenvalue weighted by Crippen LogP contribution is -2.42. The van der Waals surface area contributed by atoms with Gasteiger partial charge >= 0.3 is 0 Å². The van der Waals surface area contributed by atoms with Gasteiger partial charge in [0.2, 0.25) is 5.95 Å². The van der Waals surface area contributed by atoms with E-state index in [0.29, 0.717) is 18.5 Å². The Balaban J connectivity index is 1.70.